The molecule has 1 radical (unpaired) electrons. The van der Waals surface area contributed by atoms with Crippen molar-refractivity contribution >= 4 is 22.2 Å². The van der Waals surface area contributed by atoms with Crippen molar-refractivity contribution in [1.82, 2.24) is 0 Å². The van der Waals surface area contributed by atoms with Crippen LogP contribution in [0.2, 0.25) is 0 Å². The Morgan fingerprint density at radius 1 is 1.90 bits per heavy atom. The molecule has 2 atom stereocenters. The van der Waals surface area contributed by atoms with Gasteiger partial charge in [-0.25, -0.2) is 4.39 Å². The molecule has 0 saturated heterocycles. The van der Waals surface area contributed by atoms with Gasteiger partial charge in [0.05, 0.1) is 6.61 Å². The Bertz CT molecular complexity index is 116. The van der Waals surface area contributed by atoms with Crippen molar-refractivity contribution in [2.75, 3.05) is 13.7 Å². The highest BCUT2D eigenvalue weighted by Crippen LogP contribution is 2.26. The van der Waals surface area contributed by atoms with E-state index in [2.05, 4.69) is 20.7 Å². The minimum Gasteiger partial charge on any atom is -0.384 e. The molecule has 0 saturated carbocycles. The summed E-state index contributed by atoms with van der Waals surface area (Å²) in [4.78, 5) is 9.94. The zero-order valence-corrected chi connectivity index (χ0v) is 7.44. The average molecular weight is 212 g/mol. The fourth-order valence-electron chi connectivity index (χ4n) is 0.455. The van der Waals surface area contributed by atoms with E-state index in [1.165, 1.54) is 13.4 Å². The van der Waals surface area contributed by atoms with E-state index in [0.717, 1.165) is 0 Å². The van der Waals surface area contributed by atoms with E-state index < -0.39 is 10.5 Å². The van der Waals surface area contributed by atoms with E-state index in [9.17, 15) is 9.18 Å². The maximum absolute atomic E-state index is 12.8. The molecule has 0 heterocycles. The number of halogens is 2. The van der Waals surface area contributed by atoms with Gasteiger partial charge >= 0.3 is 0 Å². The summed E-state index contributed by atoms with van der Waals surface area (Å²) in [7, 11) is 1.45. The van der Waals surface area contributed by atoms with Crippen molar-refractivity contribution < 1.29 is 13.9 Å². The Labute approximate surface area is 67.9 Å². The van der Waals surface area contributed by atoms with E-state index in [1.807, 2.05) is 0 Å². The molecule has 0 fully saturated rings. The van der Waals surface area contributed by atoms with Crippen molar-refractivity contribution in [1.29, 1.82) is 0 Å². The van der Waals surface area contributed by atoms with Crippen LogP contribution in [0.3, 0.4) is 0 Å². The van der Waals surface area contributed by atoms with E-state index in [4.69, 9.17) is 0 Å². The fraction of sp³-hybridized carbons (Fsp3) is 0.833. The smallest absolute Gasteiger partial charge is 0.251 e. The normalized spacial score (nSPS) is 19.6. The minimum absolute atomic E-state index is 0.191. The summed E-state index contributed by atoms with van der Waals surface area (Å²) in [5.74, 6) is -0.519. The molecule has 0 bridgehead atoms. The van der Waals surface area contributed by atoms with Gasteiger partial charge in [0.1, 0.15) is 0 Å². The Kier molecular flexibility index (Phi) is 4.05. The molecule has 0 spiro atoms. The molecule has 0 N–H and O–H groups in total. The average Bonchev–Trinajstić information content (AvgIpc) is 1.89. The van der Waals surface area contributed by atoms with Crippen LogP contribution in [0.1, 0.15) is 6.92 Å². The molecule has 2 nitrogen and oxygen atoms in total. The summed E-state index contributed by atoms with van der Waals surface area (Å²) >= 11 is 2.58. The molecular formula is C6H9BrFO2. The van der Waals surface area contributed by atoms with Gasteiger partial charge in [0.15, 0.2) is 0 Å². The number of carbonyl (C=O) groups excluding carboxylic acids is 1. The highest BCUT2D eigenvalue weighted by atomic mass is 79.9. The molecular weight excluding hydrogens is 203 g/mol. The summed E-state index contributed by atoms with van der Waals surface area (Å²) in [5, 5.41) is 0. The van der Waals surface area contributed by atoms with E-state index >= 15 is 0 Å². The van der Waals surface area contributed by atoms with Gasteiger partial charge in [-0.3, -0.25) is 4.79 Å². The second kappa shape index (κ2) is 4.03. The zero-order chi connectivity index (χ0) is 8.20. The number of hydrogen-bond donors (Lipinski definition) is 0. The van der Waals surface area contributed by atoms with Crippen LogP contribution in [-0.2, 0) is 9.53 Å². The summed E-state index contributed by atoms with van der Waals surface area (Å²) in [5.41, 5.74) is 0. The summed E-state index contributed by atoms with van der Waals surface area (Å²) in [6.45, 7) is 1.75. The lowest BCUT2D eigenvalue weighted by molar-refractivity contribution is 0.121. The molecule has 0 aromatic rings. The summed E-state index contributed by atoms with van der Waals surface area (Å²) in [6.07, 6.45) is 1.25. The SMILES string of the molecule is COCC(C)C(F)(Br)[C]=O. The zero-order valence-electron chi connectivity index (χ0n) is 5.86. The van der Waals surface area contributed by atoms with Crippen LogP contribution in [0.15, 0.2) is 0 Å². The van der Waals surface area contributed by atoms with Gasteiger partial charge in [0.2, 0.25) is 4.58 Å². The molecule has 2 unspecified atom stereocenters. The Hall–Kier alpha value is 0.0400. The standard InChI is InChI=1S/C6H9BrFO2/c1-5(3-10-2)6(7,8)4-9/h5H,3H2,1-2H3. The quantitative estimate of drug-likeness (QED) is 0.659. The first-order chi connectivity index (χ1) is 4.54. The van der Waals surface area contributed by atoms with Crippen LogP contribution in [0.4, 0.5) is 4.39 Å². The number of ether oxygens (including phenoxy) is 1. The third-order valence-electron chi connectivity index (χ3n) is 1.17. The molecule has 0 aliphatic carbocycles. The van der Waals surface area contributed by atoms with Crippen LogP contribution < -0.4 is 0 Å². The van der Waals surface area contributed by atoms with Crippen molar-refractivity contribution in [2.45, 2.75) is 11.5 Å². The second-order valence-corrected chi connectivity index (χ2v) is 3.24. The number of methoxy groups -OCH3 is 1. The maximum Gasteiger partial charge on any atom is 0.251 e. The number of hydrogen-bond acceptors (Lipinski definition) is 2. The van der Waals surface area contributed by atoms with E-state index in [0.29, 0.717) is 0 Å². The fourth-order valence-corrected chi connectivity index (χ4v) is 0.587. The first-order valence-corrected chi connectivity index (χ1v) is 3.60. The van der Waals surface area contributed by atoms with Crippen LogP contribution in [0, 0.1) is 5.92 Å². The third-order valence-corrected chi connectivity index (χ3v) is 2.12. The lowest BCUT2D eigenvalue weighted by atomic mass is 10.1. The second-order valence-electron chi connectivity index (χ2n) is 2.08. The molecule has 0 amide bonds. The predicted octanol–water partition coefficient (Wildman–Crippen LogP) is 1.44. The maximum atomic E-state index is 12.8. The van der Waals surface area contributed by atoms with Crippen molar-refractivity contribution in [3.8, 4) is 0 Å². The lowest BCUT2D eigenvalue weighted by Gasteiger charge is -2.17. The molecule has 0 aromatic heterocycles. The Morgan fingerprint density at radius 3 is 2.70 bits per heavy atom. The van der Waals surface area contributed by atoms with Crippen molar-refractivity contribution in [2.24, 2.45) is 5.92 Å². The van der Waals surface area contributed by atoms with E-state index in [1.54, 1.807) is 6.92 Å². The van der Waals surface area contributed by atoms with Crippen LogP contribution in [-0.4, -0.2) is 24.6 Å². The van der Waals surface area contributed by atoms with Crippen LogP contribution in [0.25, 0.3) is 0 Å². The largest absolute Gasteiger partial charge is 0.384 e. The van der Waals surface area contributed by atoms with Gasteiger partial charge in [-0.2, -0.15) is 0 Å². The van der Waals surface area contributed by atoms with Crippen LogP contribution >= 0.6 is 15.9 Å². The topological polar surface area (TPSA) is 26.3 Å². The third kappa shape index (κ3) is 2.75. The van der Waals surface area contributed by atoms with Crippen molar-refractivity contribution in [3.05, 3.63) is 0 Å². The summed E-state index contributed by atoms with van der Waals surface area (Å²) < 4.78 is 15.4. The Morgan fingerprint density at radius 2 is 2.40 bits per heavy atom. The first kappa shape index (κ1) is 10.0. The van der Waals surface area contributed by atoms with Crippen LogP contribution in [0.5, 0.6) is 0 Å². The molecule has 0 aliphatic heterocycles. The van der Waals surface area contributed by atoms with Gasteiger partial charge in [-0.15, -0.1) is 0 Å². The van der Waals surface area contributed by atoms with Gasteiger partial charge in [-0.05, 0) is 15.9 Å². The van der Waals surface area contributed by atoms with Gasteiger partial charge in [0.25, 0.3) is 6.29 Å². The highest BCUT2D eigenvalue weighted by Gasteiger charge is 2.33. The van der Waals surface area contributed by atoms with Gasteiger partial charge in [0, 0.05) is 13.0 Å². The molecule has 0 rings (SSSR count). The molecule has 59 valence electrons. The van der Waals surface area contributed by atoms with E-state index in [-0.39, 0.29) is 6.61 Å². The highest BCUT2D eigenvalue weighted by molar-refractivity contribution is 9.10. The number of rotatable bonds is 4. The lowest BCUT2D eigenvalue weighted by Crippen LogP contribution is -2.28. The Balaban J connectivity index is 3.90. The molecule has 4 heteroatoms. The summed E-state index contributed by atoms with van der Waals surface area (Å²) in [6, 6.07) is 0. The van der Waals surface area contributed by atoms with Crippen molar-refractivity contribution in [3.63, 3.8) is 0 Å². The van der Waals surface area contributed by atoms with Gasteiger partial charge < -0.3 is 4.74 Å². The minimum atomic E-state index is -2.07. The number of alkyl halides is 2. The predicted molar refractivity (Wildman–Crippen MR) is 39.5 cm³/mol. The molecule has 10 heavy (non-hydrogen) atoms. The molecule has 0 aliphatic rings. The first-order valence-electron chi connectivity index (χ1n) is 2.80. The monoisotopic (exact) mass is 211 g/mol. The molecule has 0 aromatic carbocycles. The van der Waals surface area contributed by atoms with Gasteiger partial charge in [-0.1, -0.05) is 6.92 Å².